The summed E-state index contributed by atoms with van der Waals surface area (Å²) in [7, 11) is 0. The Morgan fingerprint density at radius 1 is 0.906 bits per heavy atom. The molecule has 0 amide bonds. The predicted octanol–water partition coefficient (Wildman–Crippen LogP) is 7.56. The summed E-state index contributed by atoms with van der Waals surface area (Å²) in [5.74, 6) is 0.400. The highest BCUT2D eigenvalue weighted by Gasteiger charge is 2.16. The van der Waals surface area contributed by atoms with Crippen LogP contribution in [0.3, 0.4) is 0 Å². The number of thiophene rings is 1. The van der Waals surface area contributed by atoms with Gasteiger partial charge in [0.2, 0.25) is 0 Å². The molecule has 4 nitrogen and oxygen atoms in total. The summed E-state index contributed by atoms with van der Waals surface area (Å²) >= 11 is 1.57. The van der Waals surface area contributed by atoms with Crippen molar-refractivity contribution in [1.29, 1.82) is 0 Å². The Labute approximate surface area is 192 Å². The van der Waals surface area contributed by atoms with Gasteiger partial charge in [-0.05, 0) is 42.8 Å². The number of nitrogens with zero attached hydrogens (tertiary/aromatic N) is 2. The van der Waals surface area contributed by atoms with Gasteiger partial charge in [-0.3, -0.25) is 4.79 Å². The minimum absolute atomic E-state index is 0.195. The van der Waals surface area contributed by atoms with Crippen LogP contribution in [-0.2, 0) is 4.79 Å². The summed E-state index contributed by atoms with van der Waals surface area (Å²) in [4.78, 5) is 13.3. The molecule has 1 aromatic heterocycles. The molecule has 0 aliphatic rings. The second-order valence-electron chi connectivity index (χ2n) is 7.45. The fourth-order valence-electron chi connectivity index (χ4n) is 3.45. The smallest absolute Gasteiger partial charge is 0.311 e. The molecule has 0 aliphatic carbocycles. The van der Waals surface area contributed by atoms with Crippen molar-refractivity contribution in [3.05, 3.63) is 89.8 Å². The standard InChI is InChI=1S/C27H26N2O2S/c1-2-3-6-19-26(30)31-27-23-17-11-12-18-24(23)32-25(27)20-28-29(21-13-7-4-8-14-21)22-15-9-5-10-16-22/h4-5,7-18,20H,2-3,6,19H2,1H3. The van der Waals surface area contributed by atoms with Gasteiger partial charge in [0, 0.05) is 16.5 Å². The number of carbonyl (C=O) groups is 1. The highest BCUT2D eigenvalue weighted by atomic mass is 32.1. The fraction of sp³-hybridized carbons (Fsp3) is 0.185. The molecule has 0 spiro atoms. The summed E-state index contributed by atoms with van der Waals surface area (Å²) in [6.07, 6.45) is 5.16. The Morgan fingerprint density at radius 3 is 2.19 bits per heavy atom. The first-order valence-electron chi connectivity index (χ1n) is 10.9. The normalized spacial score (nSPS) is 11.2. The molecular formula is C27H26N2O2S. The highest BCUT2D eigenvalue weighted by Crippen LogP contribution is 2.37. The summed E-state index contributed by atoms with van der Waals surface area (Å²) in [6, 6.07) is 28.0. The van der Waals surface area contributed by atoms with Crippen molar-refractivity contribution in [1.82, 2.24) is 0 Å². The highest BCUT2D eigenvalue weighted by molar-refractivity contribution is 7.21. The maximum absolute atomic E-state index is 12.5. The molecule has 162 valence electrons. The van der Waals surface area contributed by atoms with Crippen LogP contribution in [0.25, 0.3) is 10.1 Å². The third-order valence-electron chi connectivity index (χ3n) is 5.07. The Kier molecular flexibility index (Phi) is 7.31. The molecule has 0 atom stereocenters. The summed E-state index contributed by atoms with van der Waals surface area (Å²) in [5.41, 5.74) is 1.91. The second-order valence-corrected chi connectivity index (χ2v) is 8.53. The molecule has 4 rings (SSSR count). The quantitative estimate of drug-likeness (QED) is 0.116. The first kappa shape index (κ1) is 21.8. The van der Waals surface area contributed by atoms with E-state index in [4.69, 9.17) is 9.84 Å². The van der Waals surface area contributed by atoms with Gasteiger partial charge in [0.05, 0.1) is 22.5 Å². The summed E-state index contributed by atoms with van der Waals surface area (Å²) in [6.45, 7) is 2.12. The van der Waals surface area contributed by atoms with Crippen molar-refractivity contribution in [3.63, 3.8) is 0 Å². The Bertz CT molecular complexity index is 1150. The number of hydrazone groups is 1. The maximum atomic E-state index is 12.5. The first-order valence-corrected chi connectivity index (χ1v) is 11.7. The lowest BCUT2D eigenvalue weighted by Gasteiger charge is -2.19. The lowest BCUT2D eigenvalue weighted by molar-refractivity contribution is -0.134. The van der Waals surface area contributed by atoms with E-state index in [2.05, 4.69) is 6.92 Å². The van der Waals surface area contributed by atoms with E-state index in [0.717, 1.165) is 45.6 Å². The van der Waals surface area contributed by atoms with Gasteiger partial charge in [0.1, 0.15) is 0 Å². The molecule has 0 N–H and O–H groups in total. The number of carbonyl (C=O) groups excluding carboxylic acids is 1. The third-order valence-corrected chi connectivity index (χ3v) is 6.15. The zero-order chi connectivity index (χ0) is 22.2. The van der Waals surface area contributed by atoms with Crippen molar-refractivity contribution in [2.24, 2.45) is 5.10 Å². The topological polar surface area (TPSA) is 41.9 Å². The molecule has 0 fully saturated rings. The Hall–Kier alpha value is -3.44. The molecule has 0 aliphatic heterocycles. The number of hydrogen-bond donors (Lipinski definition) is 0. The molecule has 5 heteroatoms. The van der Waals surface area contributed by atoms with Crippen LogP contribution in [0.1, 0.15) is 37.5 Å². The minimum atomic E-state index is -0.195. The predicted molar refractivity (Wildman–Crippen MR) is 134 cm³/mol. The van der Waals surface area contributed by atoms with Gasteiger partial charge < -0.3 is 4.74 Å². The van der Waals surface area contributed by atoms with Crippen molar-refractivity contribution >= 4 is 45.0 Å². The number of hydrogen-bond acceptors (Lipinski definition) is 5. The number of fused-ring (bicyclic) bond motifs is 1. The van der Waals surface area contributed by atoms with Crippen LogP contribution in [0.15, 0.2) is 90.0 Å². The van der Waals surface area contributed by atoms with Crippen LogP contribution in [0.4, 0.5) is 11.4 Å². The molecule has 0 saturated carbocycles. The first-order chi connectivity index (χ1) is 15.8. The lowest BCUT2D eigenvalue weighted by Crippen LogP contribution is -2.10. The number of unbranched alkanes of at least 4 members (excludes halogenated alkanes) is 2. The summed E-state index contributed by atoms with van der Waals surface area (Å²) in [5, 5.41) is 7.63. The van der Waals surface area contributed by atoms with E-state index in [1.54, 1.807) is 17.6 Å². The fourth-order valence-corrected chi connectivity index (χ4v) is 4.44. The number of ether oxygens (including phenoxy) is 1. The SMILES string of the molecule is CCCCCC(=O)Oc1c(C=NN(c2ccccc2)c2ccccc2)sc2ccccc12. The van der Waals surface area contributed by atoms with Crippen molar-refractivity contribution < 1.29 is 9.53 Å². The Balaban J connectivity index is 1.68. The number of benzene rings is 3. The van der Waals surface area contributed by atoms with Crippen molar-refractivity contribution in [3.8, 4) is 5.75 Å². The van der Waals surface area contributed by atoms with E-state index in [1.807, 2.05) is 89.9 Å². The van der Waals surface area contributed by atoms with E-state index in [1.165, 1.54) is 0 Å². The van der Waals surface area contributed by atoms with E-state index in [9.17, 15) is 4.79 Å². The molecule has 0 saturated heterocycles. The van der Waals surface area contributed by atoms with Gasteiger partial charge in [-0.2, -0.15) is 5.10 Å². The number of para-hydroxylation sites is 2. The molecule has 0 radical (unpaired) electrons. The molecular weight excluding hydrogens is 416 g/mol. The largest absolute Gasteiger partial charge is 0.424 e. The minimum Gasteiger partial charge on any atom is -0.424 e. The van der Waals surface area contributed by atoms with Crippen LogP contribution >= 0.6 is 11.3 Å². The van der Waals surface area contributed by atoms with Crippen LogP contribution in [0.5, 0.6) is 5.75 Å². The van der Waals surface area contributed by atoms with Gasteiger partial charge in [-0.25, -0.2) is 5.01 Å². The van der Waals surface area contributed by atoms with Gasteiger partial charge in [-0.1, -0.05) is 68.3 Å². The monoisotopic (exact) mass is 442 g/mol. The second kappa shape index (κ2) is 10.7. The van der Waals surface area contributed by atoms with Crippen LogP contribution < -0.4 is 9.75 Å². The molecule has 32 heavy (non-hydrogen) atoms. The van der Waals surface area contributed by atoms with Gasteiger partial charge >= 0.3 is 5.97 Å². The van der Waals surface area contributed by atoms with Crippen LogP contribution in [-0.4, -0.2) is 12.2 Å². The number of rotatable bonds is 9. The molecule has 0 bridgehead atoms. The van der Waals surface area contributed by atoms with E-state index < -0.39 is 0 Å². The zero-order valence-electron chi connectivity index (χ0n) is 18.1. The summed E-state index contributed by atoms with van der Waals surface area (Å²) < 4.78 is 6.92. The van der Waals surface area contributed by atoms with Crippen molar-refractivity contribution in [2.75, 3.05) is 5.01 Å². The maximum Gasteiger partial charge on any atom is 0.311 e. The van der Waals surface area contributed by atoms with Crippen LogP contribution in [0, 0.1) is 0 Å². The number of anilines is 2. The lowest BCUT2D eigenvalue weighted by atomic mass is 10.2. The molecule has 0 unspecified atom stereocenters. The van der Waals surface area contributed by atoms with E-state index >= 15 is 0 Å². The van der Waals surface area contributed by atoms with E-state index in [0.29, 0.717) is 12.2 Å². The molecule has 4 aromatic rings. The zero-order valence-corrected chi connectivity index (χ0v) is 18.9. The van der Waals surface area contributed by atoms with Crippen molar-refractivity contribution in [2.45, 2.75) is 32.6 Å². The van der Waals surface area contributed by atoms with E-state index in [-0.39, 0.29) is 5.97 Å². The molecule has 1 heterocycles. The third kappa shape index (κ3) is 5.24. The van der Waals surface area contributed by atoms with Gasteiger partial charge in [0.15, 0.2) is 5.75 Å². The van der Waals surface area contributed by atoms with Crippen LogP contribution in [0.2, 0.25) is 0 Å². The Morgan fingerprint density at radius 2 is 1.53 bits per heavy atom. The average molecular weight is 443 g/mol. The average Bonchev–Trinajstić information content (AvgIpc) is 3.18. The van der Waals surface area contributed by atoms with Gasteiger partial charge in [0.25, 0.3) is 0 Å². The van der Waals surface area contributed by atoms with Gasteiger partial charge in [-0.15, -0.1) is 11.3 Å². The molecule has 3 aromatic carbocycles. The number of esters is 1.